The van der Waals surface area contributed by atoms with Crippen LogP contribution >= 0.6 is 15.9 Å². The van der Waals surface area contributed by atoms with Crippen LogP contribution < -0.4 is 0 Å². The summed E-state index contributed by atoms with van der Waals surface area (Å²) in [6, 6.07) is 10.3. The van der Waals surface area contributed by atoms with E-state index in [9.17, 15) is 13.6 Å². The molecule has 0 bridgehead atoms. The van der Waals surface area contributed by atoms with Gasteiger partial charge in [0, 0.05) is 16.4 Å². The second kappa shape index (κ2) is 5.92. The summed E-state index contributed by atoms with van der Waals surface area (Å²) in [5.41, 5.74) is -0.139. The van der Waals surface area contributed by atoms with Gasteiger partial charge in [-0.05, 0) is 36.4 Å². The van der Waals surface area contributed by atoms with E-state index in [1.54, 1.807) is 24.3 Å². The van der Waals surface area contributed by atoms with Crippen LogP contribution in [0, 0.1) is 11.6 Å². The molecule has 1 N–H and O–H groups in total. The van der Waals surface area contributed by atoms with E-state index >= 15 is 0 Å². The second-order valence-corrected chi connectivity index (χ2v) is 5.61. The van der Waals surface area contributed by atoms with E-state index in [0.717, 1.165) is 16.6 Å². The van der Waals surface area contributed by atoms with Gasteiger partial charge in [0.15, 0.2) is 11.5 Å². The Bertz CT molecular complexity index is 871. The van der Waals surface area contributed by atoms with Gasteiger partial charge in [0.2, 0.25) is 0 Å². The molecular formula is C16H9BrF2N2O2. The molecule has 0 amide bonds. The molecule has 0 saturated carbocycles. The molecule has 3 rings (SSSR count). The molecule has 0 unspecified atom stereocenters. The van der Waals surface area contributed by atoms with Crippen molar-refractivity contribution in [3.8, 4) is 17.1 Å². The first-order valence-corrected chi connectivity index (χ1v) is 7.29. The molecule has 116 valence electrons. The molecule has 3 aromatic rings. The summed E-state index contributed by atoms with van der Waals surface area (Å²) in [5.74, 6) is -3.02. The van der Waals surface area contributed by atoms with Crippen molar-refractivity contribution in [2.75, 3.05) is 0 Å². The Morgan fingerprint density at radius 1 is 1.09 bits per heavy atom. The summed E-state index contributed by atoms with van der Waals surface area (Å²) in [5, 5.41) is 9.13. The third-order valence-electron chi connectivity index (χ3n) is 3.22. The topological polar surface area (TPSA) is 55.1 Å². The Labute approximate surface area is 138 Å². The number of benzene rings is 2. The summed E-state index contributed by atoms with van der Waals surface area (Å²) in [4.78, 5) is 15.1. The number of imidazole rings is 1. The van der Waals surface area contributed by atoms with Crippen molar-refractivity contribution in [3.05, 3.63) is 70.5 Å². The Balaban J connectivity index is 2.27. The minimum atomic E-state index is -1.28. The molecule has 7 heteroatoms. The monoisotopic (exact) mass is 378 g/mol. The van der Waals surface area contributed by atoms with Crippen molar-refractivity contribution < 1.29 is 18.7 Å². The van der Waals surface area contributed by atoms with Crippen molar-refractivity contribution in [1.29, 1.82) is 0 Å². The van der Waals surface area contributed by atoms with Gasteiger partial charge < -0.3 is 5.11 Å². The first-order chi connectivity index (χ1) is 11.0. The van der Waals surface area contributed by atoms with E-state index in [2.05, 4.69) is 20.9 Å². The molecule has 2 aromatic carbocycles. The van der Waals surface area contributed by atoms with Gasteiger partial charge in [-0.25, -0.2) is 18.6 Å². The lowest BCUT2D eigenvalue weighted by atomic mass is 10.2. The van der Waals surface area contributed by atoms with E-state index in [1.165, 1.54) is 16.8 Å². The van der Waals surface area contributed by atoms with Crippen LogP contribution in [-0.4, -0.2) is 20.6 Å². The van der Waals surface area contributed by atoms with Crippen LogP contribution in [0.1, 0.15) is 10.5 Å². The maximum absolute atomic E-state index is 14.1. The Kier molecular flexibility index (Phi) is 3.96. The van der Waals surface area contributed by atoms with Crippen molar-refractivity contribution in [2.24, 2.45) is 0 Å². The van der Waals surface area contributed by atoms with Gasteiger partial charge >= 0.3 is 5.97 Å². The highest BCUT2D eigenvalue weighted by Gasteiger charge is 2.21. The van der Waals surface area contributed by atoms with Gasteiger partial charge in [0.25, 0.3) is 0 Å². The molecule has 0 spiro atoms. The molecule has 0 radical (unpaired) electrons. The molecular weight excluding hydrogens is 370 g/mol. The molecule has 23 heavy (non-hydrogen) atoms. The largest absolute Gasteiger partial charge is 0.476 e. The molecule has 0 fully saturated rings. The Hall–Kier alpha value is -2.54. The number of aromatic nitrogens is 2. The van der Waals surface area contributed by atoms with Crippen LogP contribution in [0.4, 0.5) is 8.78 Å². The molecule has 1 aromatic heterocycles. The fourth-order valence-corrected chi connectivity index (χ4v) is 2.43. The van der Waals surface area contributed by atoms with Crippen molar-refractivity contribution in [2.45, 2.75) is 0 Å². The molecule has 0 aliphatic rings. The van der Waals surface area contributed by atoms with Crippen LogP contribution in [0.15, 0.2) is 53.1 Å². The van der Waals surface area contributed by atoms with E-state index in [1.807, 2.05) is 0 Å². The summed E-state index contributed by atoms with van der Waals surface area (Å²) in [6.07, 6.45) is 1.23. The van der Waals surface area contributed by atoms with Crippen LogP contribution in [0.5, 0.6) is 0 Å². The first-order valence-electron chi connectivity index (χ1n) is 6.50. The number of hydrogen-bond acceptors (Lipinski definition) is 2. The first kappa shape index (κ1) is 15.4. The van der Waals surface area contributed by atoms with Crippen LogP contribution in [0.3, 0.4) is 0 Å². The Morgan fingerprint density at radius 2 is 1.70 bits per heavy atom. The molecule has 4 nitrogen and oxygen atoms in total. The van der Waals surface area contributed by atoms with Crippen molar-refractivity contribution in [3.63, 3.8) is 0 Å². The highest BCUT2D eigenvalue weighted by molar-refractivity contribution is 9.10. The molecule has 0 aliphatic carbocycles. The number of hydrogen-bond donors (Lipinski definition) is 1. The van der Waals surface area contributed by atoms with E-state index in [4.69, 9.17) is 5.11 Å². The SMILES string of the molecule is O=C(O)c1cn(-c2ccc(Br)cc2)c(-c2c(F)cccc2F)n1. The average Bonchev–Trinajstić information content (AvgIpc) is 2.93. The third-order valence-corrected chi connectivity index (χ3v) is 3.74. The highest BCUT2D eigenvalue weighted by atomic mass is 79.9. The van der Waals surface area contributed by atoms with Crippen LogP contribution in [0.2, 0.25) is 0 Å². The number of aromatic carboxylic acids is 1. The Morgan fingerprint density at radius 3 is 2.26 bits per heavy atom. The summed E-state index contributed by atoms with van der Waals surface area (Å²) < 4.78 is 30.3. The summed E-state index contributed by atoms with van der Waals surface area (Å²) in [6.45, 7) is 0. The van der Waals surface area contributed by atoms with E-state index < -0.39 is 17.6 Å². The van der Waals surface area contributed by atoms with E-state index in [-0.39, 0.29) is 17.1 Å². The lowest BCUT2D eigenvalue weighted by molar-refractivity contribution is 0.0691. The molecule has 0 aliphatic heterocycles. The van der Waals surface area contributed by atoms with Gasteiger partial charge in [-0.15, -0.1) is 0 Å². The normalized spacial score (nSPS) is 10.7. The zero-order valence-corrected chi connectivity index (χ0v) is 13.1. The van der Waals surface area contributed by atoms with Crippen LogP contribution in [-0.2, 0) is 0 Å². The second-order valence-electron chi connectivity index (χ2n) is 4.70. The zero-order chi connectivity index (χ0) is 16.6. The number of nitrogens with zero attached hydrogens (tertiary/aromatic N) is 2. The lowest BCUT2D eigenvalue weighted by Crippen LogP contribution is -2.00. The maximum atomic E-state index is 14.1. The number of halogens is 3. The van der Waals surface area contributed by atoms with Gasteiger partial charge in [-0.2, -0.15) is 0 Å². The van der Waals surface area contributed by atoms with Gasteiger partial charge in [0.05, 0.1) is 5.56 Å². The fraction of sp³-hybridized carbons (Fsp3) is 0. The maximum Gasteiger partial charge on any atom is 0.356 e. The average molecular weight is 379 g/mol. The van der Waals surface area contributed by atoms with Crippen molar-refractivity contribution in [1.82, 2.24) is 9.55 Å². The number of carboxylic acid groups (broad SMARTS) is 1. The van der Waals surface area contributed by atoms with Crippen molar-refractivity contribution >= 4 is 21.9 Å². The molecule has 1 heterocycles. The van der Waals surface area contributed by atoms with Gasteiger partial charge in [-0.1, -0.05) is 22.0 Å². The predicted octanol–water partition coefficient (Wildman–Crippen LogP) is 4.28. The number of carboxylic acids is 1. The summed E-state index contributed by atoms with van der Waals surface area (Å²) in [7, 11) is 0. The molecule has 0 atom stereocenters. The zero-order valence-electron chi connectivity index (χ0n) is 11.5. The number of rotatable bonds is 3. The smallest absolute Gasteiger partial charge is 0.356 e. The molecule has 0 saturated heterocycles. The number of carbonyl (C=O) groups is 1. The predicted molar refractivity (Wildman–Crippen MR) is 83.6 cm³/mol. The fourth-order valence-electron chi connectivity index (χ4n) is 2.17. The summed E-state index contributed by atoms with van der Waals surface area (Å²) >= 11 is 3.29. The standard InChI is InChI=1S/C16H9BrF2N2O2/c17-9-4-6-10(7-5-9)21-8-13(16(22)23)20-15(21)14-11(18)2-1-3-12(14)19/h1-8H,(H,22,23). The van der Waals surface area contributed by atoms with E-state index in [0.29, 0.717) is 5.69 Å². The van der Waals surface area contributed by atoms with Crippen LogP contribution in [0.25, 0.3) is 17.1 Å². The quantitative estimate of drug-likeness (QED) is 0.739. The lowest BCUT2D eigenvalue weighted by Gasteiger charge is -2.09. The van der Waals surface area contributed by atoms with Gasteiger partial charge in [-0.3, -0.25) is 4.57 Å². The third kappa shape index (κ3) is 2.87. The minimum absolute atomic E-state index is 0.111. The van der Waals surface area contributed by atoms with Gasteiger partial charge in [0.1, 0.15) is 11.6 Å². The minimum Gasteiger partial charge on any atom is -0.476 e. The highest BCUT2D eigenvalue weighted by Crippen LogP contribution is 2.28.